The van der Waals surface area contributed by atoms with E-state index in [2.05, 4.69) is 36.3 Å². The molecule has 4 aliphatic heterocycles. The molecule has 5 heterocycles. The lowest BCUT2D eigenvalue weighted by Gasteiger charge is -2.43. The highest BCUT2D eigenvalue weighted by Crippen LogP contribution is 2.29. The van der Waals surface area contributed by atoms with Crippen LogP contribution in [0.4, 0.5) is 5.82 Å². The molecule has 0 saturated carbocycles. The van der Waals surface area contributed by atoms with E-state index in [1.54, 1.807) is 11.0 Å². The van der Waals surface area contributed by atoms with Crippen LogP contribution in [0.15, 0.2) is 30.3 Å². The molecule has 3 N–H and O–H groups in total. The topological polar surface area (TPSA) is 145 Å². The Morgan fingerprint density at radius 2 is 1.73 bits per heavy atom. The number of amides is 4. The Morgan fingerprint density at radius 3 is 2.40 bits per heavy atom. The number of imide groups is 1. The number of anilines is 1. The van der Waals surface area contributed by atoms with Crippen LogP contribution in [0, 0.1) is 0 Å². The highest BCUT2D eigenvalue weighted by Gasteiger charge is 2.39. The second-order valence-electron chi connectivity index (χ2n) is 11.1. The van der Waals surface area contributed by atoms with Crippen molar-refractivity contribution in [2.24, 2.45) is 5.73 Å². The molecule has 1 aromatic carbocycles. The van der Waals surface area contributed by atoms with Crippen molar-refractivity contribution in [1.82, 2.24) is 30.2 Å². The smallest absolute Gasteiger partial charge is 0.269 e. The fraction of sp³-hybridized carbons (Fsp3) is 0.500. The number of fused-ring (bicyclic) bond motifs is 1. The van der Waals surface area contributed by atoms with Crippen LogP contribution >= 0.6 is 0 Å². The van der Waals surface area contributed by atoms with Gasteiger partial charge in [0, 0.05) is 70.4 Å². The van der Waals surface area contributed by atoms with Crippen molar-refractivity contribution in [3.05, 3.63) is 52.7 Å². The first-order valence-corrected chi connectivity index (χ1v) is 14.0. The van der Waals surface area contributed by atoms with Crippen molar-refractivity contribution in [3.8, 4) is 0 Å². The zero-order chi connectivity index (χ0) is 27.8. The van der Waals surface area contributed by atoms with Gasteiger partial charge < -0.3 is 15.5 Å². The minimum absolute atomic E-state index is 0.134. The van der Waals surface area contributed by atoms with Gasteiger partial charge in [-0.15, -0.1) is 10.2 Å². The summed E-state index contributed by atoms with van der Waals surface area (Å²) in [5.41, 5.74) is 8.21. The van der Waals surface area contributed by atoms with E-state index in [4.69, 9.17) is 5.73 Å². The van der Waals surface area contributed by atoms with Gasteiger partial charge in [0.2, 0.25) is 11.8 Å². The summed E-state index contributed by atoms with van der Waals surface area (Å²) in [4.78, 5) is 56.9. The summed E-state index contributed by atoms with van der Waals surface area (Å²) in [5.74, 6) is -0.579. The van der Waals surface area contributed by atoms with Gasteiger partial charge in [-0.1, -0.05) is 12.1 Å². The van der Waals surface area contributed by atoms with Crippen molar-refractivity contribution in [3.63, 3.8) is 0 Å². The number of carbonyl (C=O) groups excluding carboxylic acids is 4. The van der Waals surface area contributed by atoms with Gasteiger partial charge >= 0.3 is 0 Å². The molecule has 1 unspecified atom stereocenters. The number of benzene rings is 1. The average molecular weight is 547 g/mol. The van der Waals surface area contributed by atoms with Crippen molar-refractivity contribution in [1.29, 1.82) is 0 Å². The van der Waals surface area contributed by atoms with E-state index in [0.717, 1.165) is 70.0 Å². The van der Waals surface area contributed by atoms with Crippen LogP contribution in [0.2, 0.25) is 0 Å². The van der Waals surface area contributed by atoms with Gasteiger partial charge in [0.05, 0.1) is 0 Å². The number of nitrogens with zero attached hydrogens (tertiary/aromatic N) is 6. The van der Waals surface area contributed by atoms with Crippen molar-refractivity contribution in [2.75, 3.05) is 44.2 Å². The van der Waals surface area contributed by atoms with E-state index in [0.29, 0.717) is 24.6 Å². The van der Waals surface area contributed by atoms with Gasteiger partial charge in [0.1, 0.15) is 6.04 Å². The highest BCUT2D eigenvalue weighted by atomic mass is 16.2. The molecule has 6 rings (SSSR count). The molecule has 3 saturated heterocycles. The number of aromatic nitrogens is 2. The zero-order valence-corrected chi connectivity index (χ0v) is 22.4. The number of primary amides is 1. The molecule has 3 fully saturated rings. The lowest BCUT2D eigenvalue weighted by atomic mass is 10.0. The van der Waals surface area contributed by atoms with Crippen LogP contribution in [0.3, 0.4) is 0 Å². The maximum atomic E-state index is 13.0. The van der Waals surface area contributed by atoms with E-state index >= 15 is 0 Å². The second kappa shape index (κ2) is 10.9. The monoisotopic (exact) mass is 546 g/mol. The zero-order valence-electron chi connectivity index (χ0n) is 22.4. The Morgan fingerprint density at radius 1 is 0.950 bits per heavy atom. The Bertz CT molecular complexity index is 1320. The number of hydrogen-bond donors (Lipinski definition) is 2. The lowest BCUT2D eigenvalue weighted by Crippen LogP contribution is -2.53. The third kappa shape index (κ3) is 5.28. The highest BCUT2D eigenvalue weighted by molar-refractivity contribution is 6.05. The Hall–Kier alpha value is -3.90. The molecule has 4 amide bonds. The van der Waals surface area contributed by atoms with Crippen LogP contribution in [0.5, 0.6) is 0 Å². The molecular formula is C28H34N8O4. The molecule has 1 aromatic heterocycles. The average Bonchev–Trinajstić information content (AvgIpc) is 3.28. The van der Waals surface area contributed by atoms with Crippen LogP contribution in [-0.2, 0) is 22.7 Å². The molecule has 0 radical (unpaired) electrons. The Kier molecular flexibility index (Phi) is 7.20. The SMILES string of the molecule is NC(=O)c1ccc(N2CCC(N3CCN(Cc4ccc5c(c4)CN(C4CCC(=O)NC4=O)C5=O)CC3)CC2)nn1. The van der Waals surface area contributed by atoms with Gasteiger partial charge in [-0.05, 0) is 48.6 Å². The molecule has 0 aliphatic carbocycles. The quantitative estimate of drug-likeness (QED) is 0.483. The van der Waals surface area contributed by atoms with Crippen molar-refractivity contribution in [2.45, 2.75) is 50.9 Å². The lowest BCUT2D eigenvalue weighted by molar-refractivity contribution is -0.136. The van der Waals surface area contributed by atoms with Crippen molar-refractivity contribution < 1.29 is 19.2 Å². The summed E-state index contributed by atoms with van der Waals surface area (Å²) in [5, 5.41) is 10.5. The third-order valence-corrected chi connectivity index (χ3v) is 8.61. The van der Waals surface area contributed by atoms with Gasteiger partial charge in [0.15, 0.2) is 11.5 Å². The van der Waals surface area contributed by atoms with Gasteiger partial charge in [-0.3, -0.25) is 34.3 Å². The molecule has 12 heteroatoms. The first kappa shape index (κ1) is 26.3. The number of hydrogen-bond acceptors (Lipinski definition) is 9. The minimum atomic E-state index is -0.587. The number of piperazine rings is 1. The molecule has 2 aromatic rings. The fourth-order valence-corrected chi connectivity index (χ4v) is 6.36. The van der Waals surface area contributed by atoms with E-state index < -0.39 is 11.9 Å². The molecule has 4 aliphatic rings. The summed E-state index contributed by atoms with van der Waals surface area (Å²) in [6, 6.07) is 9.40. The second-order valence-corrected chi connectivity index (χ2v) is 11.1. The number of nitrogens with two attached hydrogens (primary N) is 1. The summed E-state index contributed by atoms with van der Waals surface area (Å²) in [6.45, 7) is 7.04. The maximum absolute atomic E-state index is 13.0. The van der Waals surface area contributed by atoms with Crippen LogP contribution in [0.25, 0.3) is 0 Å². The largest absolute Gasteiger partial charge is 0.364 e. The van der Waals surface area contributed by atoms with E-state index in [9.17, 15) is 19.2 Å². The number of nitrogens with one attached hydrogen (secondary N) is 1. The minimum Gasteiger partial charge on any atom is -0.364 e. The first-order valence-electron chi connectivity index (χ1n) is 14.0. The molecule has 210 valence electrons. The first-order chi connectivity index (χ1) is 19.4. The Balaban J connectivity index is 0.984. The van der Waals surface area contributed by atoms with Crippen molar-refractivity contribution >= 4 is 29.4 Å². The molecule has 40 heavy (non-hydrogen) atoms. The van der Waals surface area contributed by atoms with Crippen LogP contribution in [0.1, 0.15) is 57.7 Å². The standard InChI is InChI=1S/C28H34N8O4/c29-26(38)22-3-5-24(32-31-22)35-9-7-20(8-10-35)34-13-11-33(12-14-34)16-18-1-2-21-19(15-18)17-36(28(21)40)23-4-6-25(37)30-27(23)39/h1-3,5,15,20,23H,4,6-14,16-17H2,(H2,29,38)(H,30,37,39). The van der Waals surface area contributed by atoms with Crippen LogP contribution < -0.4 is 16.0 Å². The fourth-order valence-electron chi connectivity index (χ4n) is 6.36. The summed E-state index contributed by atoms with van der Waals surface area (Å²) in [6.07, 6.45) is 2.75. The molecule has 12 nitrogen and oxygen atoms in total. The normalized spacial score (nSPS) is 22.9. The van der Waals surface area contributed by atoms with E-state index in [1.165, 1.54) is 5.56 Å². The number of rotatable bonds is 6. The van der Waals surface area contributed by atoms with E-state index in [-0.39, 0.29) is 29.8 Å². The molecule has 0 bridgehead atoms. The molecule has 1 atom stereocenters. The molecular weight excluding hydrogens is 512 g/mol. The van der Waals surface area contributed by atoms with Gasteiger partial charge in [0.25, 0.3) is 11.8 Å². The van der Waals surface area contributed by atoms with Gasteiger partial charge in [-0.25, -0.2) is 0 Å². The Labute approximate surface area is 232 Å². The molecule has 0 spiro atoms. The summed E-state index contributed by atoms with van der Waals surface area (Å²) in [7, 11) is 0. The number of piperidine rings is 2. The van der Waals surface area contributed by atoms with Crippen LogP contribution in [-0.4, -0.2) is 99.9 Å². The predicted molar refractivity (Wildman–Crippen MR) is 145 cm³/mol. The van der Waals surface area contributed by atoms with E-state index in [1.807, 2.05) is 18.2 Å². The maximum Gasteiger partial charge on any atom is 0.269 e. The third-order valence-electron chi connectivity index (χ3n) is 8.61. The van der Waals surface area contributed by atoms with Gasteiger partial charge in [-0.2, -0.15) is 0 Å². The summed E-state index contributed by atoms with van der Waals surface area (Å²) < 4.78 is 0. The predicted octanol–water partition coefficient (Wildman–Crippen LogP) is 0.123. The summed E-state index contributed by atoms with van der Waals surface area (Å²) >= 11 is 0. The number of carbonyl (C=O) groups is 4.